The molecule has 1 saturated carbocycles. The van der Waals surface area contributed by atoms with Crippen molar-refractivity contribution >= 4 is 11.9 Å². The van der Waals surface area contributed by atoms with E-state index in [1.807, 2.05) is 13.8 Å². The summed E-state index contributed by atoms with van der Waals surface area (Å²) in [6.07, 6.45) is 3.29. The summed E-state index contributed by atoms with van der Waals surface area (Å²) in [7, 11) is 0. The molecular weight excluding hydrogens is 272 g/mol. The molecule has 1 aromatic rings. The highest BCUT2D eigenvalue weighted by Crippen LogP contribution is 2.33. The van der Waals surface area contributed by atoms with Crippen LogP contribution in [-0.2, 0) is 11.2 Å². The third-order valence-corrected chi connectivity index (χ3v) is 4.25. The molecule has 2 rings (SSSR count). The average Bonchev–Trinajstić information content (AvgIpc) is 2.79. The fourth-order valence-electron chi connectivity index (χ4n) is 3.14. The van der Waals surface area contributed by atoms with Gasteiger partial charge < -0.3 is 14.9 Å². The molecule has 6 nitrogen and oxygen atoms in total. The van der Waals surface area contributed by atoms with E-state index in [2.05, 4.69) is 10.5 Å². The van der Waals surface area contributed by atoms with E-state index in [1.54, 1.807) is 6.92 Å². The van der Waals surface area contributed by atoms with Gasteiger partial charge in [0.2, 0.25) is 0 Å². The fourth-order valence-corrected chi connectivity index (χ4v) is 3.14. The molecule has 1 amide bonds. The second-order valence-electron chi connectivity index (χ2n) is 5.96. The number of carboxylic acid groups (broad SMARTS) is 1. The molecule has 1 fully saturated rings. The standard InChI is InChI=1S/C15H22N2O4/c1-4-11-12(10(3)21-17-11)13(18)16-15(14(19)20)7-5-6-9(2)8-15/h9H,4-8H2,1-3H3,(H,16,18)(H,19,20). The summed E-state index contributed by atoms with van der Waals surface area (Å²) in [6.45, 7) is 5.56. The number of aromatic nitrogens is 1. The van der Waals surface area contributed by atoms with E-state index in [-0.39, 0.29) is 5.92 Å². The molecule has 0 spiro atoms. The number of amides is 1. The lowest BCUT2D eigenvalue weighted by atomic mass is 9.76. The molecule has 1 aromatic heterocycles. The highest BCUT2D eigenvalue weighted by atomic mass is 16.5. The summed E-state index contributed by atoms with van der Waals surface area (Å²) >= 11 is 0. The summed E-state index contributed by atoms with van der Waals surface area (Å²) in [4.78, 5) is 24.2. The zero-order chi connectivity index (χ0) is 15.6. The molecule has 0 aliphatic heterocycles. The molecule has 116 valence electrons. The lowest BCUT2D eigenvalue weighted by Gasteiger charge is -2.37. The van der Waals surface area contributed by atoms with Gasteiger partial charge in [-0.05, 0) is 32.1 Å². The van der Waals surface area contributed by atoms with Crippen LogP contribution in [0, 0.1) is 12.8 Å². The smallest absolute Gasteiger partial charge is 0.329 e. The van der Waals surface area contributed by atoms with E-state index in [9.17, 15) is 14.7 Å². The second-order valence-corrected chi connectivity index (χ2v) is 5.96. The number of carboxylic acids is 1. The second kappa shape index (κ2) is 5.87. The molecule has 6 heteroatoms. The van der Waals surface area contributed by atoms with E-state index >= 15 is 0 Å². The summed E-state index contributed by atoms with van der Waals surface area (Å²) < 4.78 is 5.05. The Morgan fingerprint density at radius 2 is 2.24 bits per heavy atom. The van der Waals surface area contributed by atoms with E-state index in [4.69, 9.17) is 4.52 Å². The van der Waals surface area contributed by atoms with Gasteiger partial charge in [0, 0.05) is 0 Å². The number of carbonyl (C=O) groups excluding carboxylic acids is 1. The Morgan fingerprint density at radius 3 is 2.81 bits per heavy atom. The quantitative estimate of drug-likeness (QED) is 0.889. The van der Waals surface area contributed by atoms with Gasteiger partial charge in [0.15, 0.2) is 0 Å². The Morgan fingerprint density at radius 1 is 1.52 bits per heavy atom. The molecule has 2 N–H and O–H groups in total. The minimum atomic E-state index is -1.18. The summed E-state index contributed by atoms with van der Waals surface area (Å²) in [5.74, 6) is -0.658. The van der Waals surface area contributed by atoms with E-state index in [0.29, 0.717) is 36.3 Å². The molecule has 0 aromatic carbocycles. The number of aliphatic carboxylic acids is 1. The van der Waals surface area contributed by atoms with E-state index in [1.165, 1.54) is 0 Å². The van der Waals surface area contributed by atoms with Crippen molar-refractivity contribution in [1.29, 1.82) is 0 Å². The first kappa shape index (κ1) is 15.5. The van der Waals surface area contributed by atoms with Crippen LogP contribution in [0.3, 0.4) is 0 Å². The highest BCUT2D eigenvalue weighted by molar-refractivity contribution is 5.99. The van der Waals surface area contributed by atoms with Crippen LogP contribution in [0.5, 0.6) is 0 Å². The van der Waals surface area contributed by atoms with Crippen molar-refractivity contribution in [2.75, 3.05) is 0 Å². The number of carbonyl (C=O) groups is 2. The van der Waals surface area contributed by atoms with Crippen LogP contribution in [0.1, 0.15) is 61.3 Å². The van der Waals surface area contributed by atoms with Gasteiger partial charge in [0.05, 0.1) is 5.69 Å². The maximum atomic E-state index is 12.5. The summed E-state index contributed by atoms with van der Waals surface area (Å²) in [5.41, 5.74) is -0.241. The largest absolute Gasteiger partial charge is 0.480 e. The molecule has 1 aliphatic rings. The van der Waals surface area contributed by atoms with E-state index < -0.39 is 17.4 Å². The molecule has 0 radical (unpaired) electrons. The minimum Gasteiger partial charge on any atom is -0.480 e. The first-order chi connectivity index (χ1) is 9.89. The summed E-state index contributed by atoms with van der Waals surface area (Å²) in [6, 6.07) is 0. The maximum Gasteiger partial charge on any atom is 0.329 e. The van der Waals surface area contributed by atoms with Crippen molar-refractivity contribution in [2.24, 2.45) is 5.92 Å². The third-order valence-electron chi connectivity index (χ3n) is 4.25. The van der Waals surface area contributed by atoms with Crippen LogP contribution in [0.4, 0.5) is 0 Å². The van der Waals surface area contributed by atoms with Crippen LogP contribution in [-0.4, -0.2) is 27.7 Å². The average molecular weight is 294 g/mol. The lowest BCUT2D eigenvalue weighted by Crippen LogP contribution is -2.57. The Kier molecular flexibility index (Phi) is 4.34. The number of nitrogens with one attached hydrogen (secondary N) is 1. The zero-order valence-corrected chi connectivity index (χ0v) is 12.7. The Bertz CT molecular complexity index is 552. The highest BCUT2D eigenvalue weighted by Gasteiger charge is 2.44. The van der Waals surface area contributed by atoms with Crippen LogP contribution in [0.15, 0.2) is 4.52 Å². The van der Waals surface area contributed by atoms with Gasteiger partial charge in [-0.1, -0.05) is 31.8 Å². The predicted octanol–water partition coefficient (Wildman–Crippen LogP) is 2.31. The summed E-state index contributed by atoms with van der Waals surface area (Å²) in [5, 5.41) is 16.2. The van der Waals surface area contributed by atoms with Crippen molar-refractivity contribution in [1.82, 2.24) is 10.5 Å². The van der Waals surface area contributed by atoms with Gasteiger partial charge in [-0.15, -0.1) is 0 Å². The molecular formula is C15H22N2O4. The third kappa shape index (κ3) is 2.94. The first-order valence-corrected chi connectivity index (χ1v) is 7.40. The Balaban J connectivity index is 2.27. The number of aryl methyl sites for hydroxylation is 2. The number of hydrogen-bond acceptors (Lipinski definition) is 4. The van der Waals surface area contributed by atoms with Crippen LogP contribution < -0.4 is 5.32 Å². The van der Waals surface area contributed by atoms with Gasteiger partial charge in [-0.25, -0.2) is 4.79 Å². The van der Waals surface area contributed by atoms with Gasteiger partial charge in [-0.2, -0.15) is 0 Å². The molecule has 21 heavy (non-hydrogen) atoms. The Labute approximate surface area is 123 Å². The molecule has 2 atom stereocenters. The normalized spacial score (nSPS) is 25.6. The number of hydrogen-bond donors (Lipinski definition) is 2. The monoisotopic (exact) mass is 294 g/mol. The van der Waals surface area contributed by atoms with Gasteiger partial charge in [-0.3, -0.25) is 4.79 Å². The topological polar surface area (TPSA) is 92.4 Å². The van der Waals surface area contributed by atoms with Crippen molar-refractivity contribution < 1.29 is 19.2 Å². The molecule has 0 bridgehead atoms. The van der Waals surface area contributed by atoms with Gasteiger partial charge in [0.25, 0.3) is 5.91 Å². The minimum absolute atomic E-state index is 0.282. The number of rotatable bonds is 4. The maximum absolute atomic E-state index is 12.5. The fraction of sp³-hybridized carbons (Fsp3) is 0.667. The molecule has 1 aliphatic carbocycles. The van der Waals surface area contributed by atoms with Crippen molar-refractivity contribution in [2.45, 2.75) is 58.4 Å². The van der Waals surface area contributed by atoms with Gasteiger partial charge in [0.1, 0.15) is 16.9 Å². The van der Waals surface area contributed by atoms with E-state index in [0.717, 1.165) is 12.8 Å². The Hall–Kier alpha value is -1.85. The molecule has 2 unspecified atom stereocenters. The van der Waals surface area contributed by atoms with Crippen LogP contribution >= 0.6 is 0 Å². The van der Waals surface area contributed by atoms with Crippen LogP contribution in [0.25, 0.3) is 0 Å². The van der Waals surface area contributed by atoms with Crippen molar-refractivity contribution in [3.63, 3.8) is 0 Å². The SMILES string of the molecule is CCc1noc(C)c1C(=O)NC1(C(=O)O)CCCC(C)C1. The molecule has 1 heterocycles. The number of nitrogens with zero attached hydrogens (tertiary/aromatic N) is 1. The lowest BCUT2D eigenvalue weighted by molar-refractivity contribution is -0.146. The van der Waals surface area contributed by atoms with Crippen molar-refractivity contribution in [3.8, 4) is 0 Å². The predicted molar refractivity (Wildman–Crippen MR) is 76.1 cm³/mol. The van der Waals surface area contributed by atoms with Gasteiger partial charge >= 0.3 is 5.97 Å². The first-order valence-electron chi connectivity index (χ1n) is 7.40. The van der Waals surface area contributed by atoms with Crippen molar-refractivity contribution in [3.05, 3.63) is 17.0 Å². The zero-order valence-electron chi connectivity index (χ0n) is 12.7. The molecule has 0 saturated heterocycles. The van der Waals surface area contributed by atoms with Crippen LogP contribution in [0.2, 0.25) is 0 Å².